The summed E-state index contributed by atoms with van der Waals surface area (Å²) >= 11 is 0. The largest absolute Gasteiger partial charge is 0.465 e. The Morgan fingerprint density at radius 1 is 1.09 bits per heavy atom. The molecule has 0 atom stereocenters. The van der Waals surface area contributed by atoms with Gasteiger partial charge in [0.05, 0.1) is 12.0 Å². The van der Waals surface area contributed by atoms with Crippen LogP contribution in [0.4, 0.5) is 4.39 Å². The van der Waals surface area contributed by atoms with E-state index in [-0.39, 0.29) is 11.8 Å². The van der Waals surface area contributed by atoms with Gasteiger partial charge in [0.2, 0.25) is 0 Å². The van der Waals surface area contributed by atoms with E-state index in [1.165, 1.54) is 38.1 Å². The van der Waals surface area contributed by atoms with Gasteiger partial charge in [-0.05, 0) is 62.9 Å². The smallest absolute Gasteiger partial charge is 0.316 e. The van der Waals surface area contributed by atoms with Crippen molar-refractivity contribution in [3.63, 3.8) is 0 Å². The molecule has 23 heavy (non-hydrogen) atoms. The fraction of sp³-hybridized carbons (Fsp3) is 0.632. The van der Waals surface area contributed by atoms with Crippen molar-refractivity contribution >= 4 is 5.97 Å². The molecule has 2 fully saturated rings. The molecular formula is C19H26FNO2. The lowest BCUT2D eigenvalue weighted by molar-refractivity contribution is -0.150. The molecule has 0 bridgehead atoms. The molecule has 4 heteroatoms. The zero-order chi connectivity index (χ0) is 16.1. The van der Waals surface area contributed by atoms with Crippen LogP contribution >= 0.6 is 0 Å². The average Bonchev–Trinajstić information content (AvgIpc) is 3.24. The number of benzene rings is 1. The standard InChI is InChI=1S/C19H26FNO2/c20-17-8-6-16(7-9-17)19(10-1-2-11-19)18(22)23-15-5-14-21-12-3-4-13-21/h6-9H,1-5,10-15H2. The fourth-order valence-corrected chi connectivity index (χ4v) is 3.96. The Morgan fingerprint density at radius 3 is 2.39 bits per heavy atom. The maximum atomic E-state index is 13.2. The lowest BCUT2D eigenvalue weighted by Gasteiger charge is -2.27. The molecule has 126 valence electrons. The number of hydrogen-bond donors (Lipinski definition) is 0. The lowest BCUT2D eigenvalue weighted by Crippen LogP contribution is -2.35. The summed E-state index contributed by atoms with van der Waals surface area (Å²) in [5, 5.41) is 0. The van der Waals surface area contributed by atoms with Crippen molar-refractivity contribution in [2.24, 2.45) is 0 Å². The van der Waals surface area contributed by atoms with Gasteiger partial charge in [0, 0.05) is 6.54 Å². The highest BCUT2D eigenvalue weighted by Gasteiger charge is 2.44. The highest BCUT2D eigenvalue weighted by atomic mass is 19.1. The Kier molecular flexibility index (Phi) is 5.31. The molecule has 1 saturated heterocycles. The van der Waals surface area contributed by atoms with Gasteiger partial charge in [-0.1, -0.05) is 25.0 Å². The van der Waals surface area contributed by atoms with Crippen molar-refractivity contribution in [1.29, 1.82) is 0 Å². The van der Waals surface area contributed by atoms with E-state index in [9.17, 15) is 9.18 Å². The van der Waals surface area contributed by atoms with Crippen LogP contribution in [0.5, 0.6) is 0 Å². The number of halogens is 1. The topological polar surface area (TPSA) is 29.5 Å². The summed E-state index contributed by atoms with van der Waals surface area (Å²) in [7, 11) is 0. The molecule has 0 unspecified atom stereocenters. The predicted molar refractivity (Wildman–Crippen MR) is 87.8 cm³/mol. The van der Waals surface area contributed by atoms with Gasteiger partial charge in [-0.25, -0.2) is 4.39 Å². The van der Waals surface area contributed by atoms with Crippen molar-refractivity contribution in [3.8, 4) is 0 Å². The van der Waals surface area contributed by atoms with Crippen LogP contribution in [0, 0.1) is 5.82 Å². The molecule has 0 amide bonds. The van der Waals surface area contributed by atoms with Crippen LogP contribution in [-0.2, 0) is 14.9 Å². The molecule has 1 aliphatic carbocycles. The Hall–Kier alpha value is -1.42. The first-order chi connectivity index (χ1) is 11.2. The van der Waals surface area contributed by atoms with Crippen LogP contribution in [0.1, 0.15) is 50.5 Å². The Bertz CT molecular complexity index is 517. The molecule has 1 saturated carbocycles. The van der Waals surface area contributed by atoms with Crippen molar-refractivity contribution in [3.05, 3.63) is 35.6 Å². The van der Waals surface area contributed by atoms with E-state index < -0.39 is 5.41 Å². The van der Waals surface area contributed by atoms with E-state index in [1.54, 1.807) is 12.1 Å². The van der Waals surface area contributed by atoms with Crippen LogP contribution in [0.25, 0.3) is 0 Å². The zero-order valence-corrected chi connectivity index (χ0v) is 13.7. The molecule has 1 aromatic rings. The van der Waals surface area contributed by atoms with Gasteiger partial charge in [-0.2, -0.15) is 0 Å². The third kappa shape index (κ3) is 3.74. The SMILES string of the molecule is O=C(OCCCN1CCCC1)C1(c2ccc(F)cc2)CCCC1. The fourth-order valence-electron chi connectivity index (χ4n) is 3.96. The van der Waals surface area contributed by atoms with Gasteiger partial charge in [-0.3, -0.25) is 4.79 Å². The second-order valence-electron chi connectivity index (χ2n) is 6.83. The van der Waals surface area contributed by atoms with Crippen LogP contribution < -0.4 is 0 Å². The molecule has 1 aromatic carbocycles. The number of nitrogens with zero attached hydrogens (tertiary/aromatic N) is 1. The number of carbonyl (C=O) groups is 1. The zero-order valence-electron chi connectivity index (χ0n) is 13.7. The summed E-state index contributed by atoms with van der Waals surface area (Å²) < 4.78 is 18.8. The number of esters is 1. The Morgan fingerprint density at radius 2 is 1.74 bits per heavy atom. The van der Waals surface area contributed by atoms with Gasteiger partial charge in [-0.15, -0.1) is 0 Å². The maximum Gasteiger partial charge on any atom is 0.316 e. The minimum absolute atomic E-state index is 0.122. The van der Waals surface area contributed by atoms with E-state index in [1.807, 2.05) is 0 Å². The van der Waals surface area contributed by atoms with Crippen LogP contribution in [-0.4, -0.2) is 37.1 Å². The van der Waals surface area contributed by atoms with E-state index in [2.05, 4.69) is 4.90 Å². The summed E-state index contributed by atoms with van der Waals surface area (Å²) in [4.78, 5) is 15.1. The minimum Gasteiger partial charge on any atom is -0.465 e. The Balaban J connectivity index is 1.57. The molecular weight excluding hydrogens is 293 g/mol. The number of likely N-dealkylation sites (tertiary alicyclic amines) is 1. The minimum atomic E-state index is -0.554. The summed E-state index contributed by atoms with van der Waals surface area (Å²) in [5.41, 5.74) is 0.349. The molecule has 1 aliphatic heterocycles. The molecule has 2 aliphatic rings. The number of ether oxygens (including phenoxy) is 1. The molecule has 3 rings (SSSR count). The number of hydrogen-bond acceptors (Lipinski definition) is 3. The number of rotatable bonds is 6. The molecule has 0 N–H and O–H groups in total. The highest BCUT2D eigenvalue weighted by Crippen LogP contribution is 2.42. The lowest BCUT2D eigenvalue weighted by atomic mass is 9.79. The third-order valence-electron chi connectivity index (χ3n) is 5.30. The average molecular weight is 319 g/mol. The Labute approximate surface area is 137 Å². The molecule has 0 aromatic heterocycles. The van der Waals surface area contributed by atoms with E-state index in [0.717, 1.165) is 44.2 Å². The molecule has 3 nitrogen and oxygen atoms in total. The normalized spacial score (nSPS) is 20.7. The summed E-state index contributed by atoms with van der Waals surface area (Å²) in [5.74, 6) is -0.385. The van der Waals surface area contributed by atoms with Crippen molar-refractivity contribution in [2.45, 2.75) is 50.4 Å². The van der Waals surface area contributed by atoms with E-state index in [4.69, 9.17) is 4.74 Å². The highest BCUT2D eigenvalue weighted by molar-refractivity contribution is 5.83. The monoisotopic (exact) mass is 319 g/mol. The van der Waals surface area contributed by atoms with Gasteiger partial charge in [0.15, 0.2) is 0 Å². The van der Waals surface area contributed by atoms with Gasteiger partial charge in [0.1, 0.15) is 5.82 Å². The number of carbonyl (C=O) groups excluding carboxylic acids is 1. The predicted octanol–water partition coefficient (Wildman–Crippen LogP) is 3.67. The first-order valence-corrected chi connectivity index (χ1v) is 8.86. The summed E-state index contributed by atoms with van der Waals surface area (Å²) in [6, 6.07) is 6.37. The molecule has 0 radical (unpaired) electrons. The van der Waals surface area contributed by atoms with E-state index >= 15 is 0 Å². The summed E-state index contributed by atoms with van der Waals surface area (Å²) in [6.45, 7) is 3.84. The second-order valence-corrected chi connectivity index (χ2v) is 6.83. The quantitative estimate of drug-likeness (QED) is 0.592. The van der Waals surface area contributed by atoms with Gasteiger partial charge in [0.25, 0.3) is 0 Å². The summed E-state index contributed by atoms with van der Waals surface area (Å²) in [6.07, 6.45) is 7.14. The van der Waals surface area contributed by atoms with E-state index in [0.29, 0.717) is 6.61 Å². The van der Waals surface area contributed by atoms with Crippen molar-refractivity contribution in [2.75, 3.05) is 26.2 Å². The second kappa shape index (κ2) is 7.43. The molecule has 1 heterocycles. The van der Waals surface area contributed by atoms with Gasteiger partial charge >= 0.3 is 5.97 Å². The first kappa shape index (κ1) is 16.4. The first-order valence-electron chi connectivity index (χ1n) is 8.86. The third-order valence-corrected chi connectivity index (χ3v) is 5.30. The van der Waals surface area contributed by atoms with Crippen LogP contribution in [0.3, 0.4) is 0 Å². The molecule has 0 spiro atoms. The maximum absolute atomic E-state index is 13.2. The van der Waals surface area contributed by atoms with Gasteiger partial charge < -0.3 is 9.64 Å². The van der Waals surface area contributed by atoms with Crippen molar-refractivity contribution in [1.82, 2.24) is 4.90 Å². The van der Waals surface area contributed by atoms with Crippen LogP contribution in [0.15, 0.2) is 24.3 Å². The van der Waals surface area contributed by atoms with Crippen LogP contribution in [0.2, 0.25) is 0 Å². The van der Waals surface area contributed by atoms with Crippen molar-refractivity contribution < 1.29 is 13.9 Å².